The smallest absolute Gasteiger partial charge is 0.311 e. The van der Waals surface area contributed by atoms with Gasteiger partial charge in [-0.15, -0.1) is 11.3 Å². The van der Waals surface area contributed by atoms with E-state index >= 15 is 0 Å². The third kappa shape index (κ3) is 7.12. The van der Waals surface area contributed by atoms with Gasteiger partial charge in [0, 0.05) is 11.9 Å². The first-order valence-corrected chi connectivity index (χ1v) is 7.48. The summed E-state index contributed by atoms with van der Waals surface area (Å²) < 4.78 is 4.89. The van der Waals surface area contributed by atoms with Crippen molar-refractivity contribution in [3.8, 4) is 0 Å². The molecular weight excluding hydrogens is 262 g/mol. The lowest BCUT2D eigenvalue weighted by molar-refractivity contribution is -0.142. The minimum atomic E-state index is -0.217. The zero-order valence-electron chi connectivity index (χ0n) is 11.9. The van der Waals surface area contributed by atoms with Gasteiger partial charge in [-0.2, -0.15) is 0 Å². The third-order valence-electron chi connectivity index (χ3n) is 2.49. The average molecular weight is 285 g/mol. The van der Waals surface area contributed by atoms with Gasteiger partial charge in [-0.3, -0.25) is 4.79 Å². The molecule has 0 aliphatic heterocycles. The maximum absolute atomic E-state index is 11.3. The minimum absolute atomic E-state index is 0.217. The molecule has 0 saturated carbocycles. The number of hydrogen-bond acceptors (Lipinski definition) is 6. The van der Waals surface area contributed by atoms with Gasteiger partial charge in [0.1, 0.15) is 0 Å². The maximum atomic E-state index is 11.3. The van der Waals surface area contributed by atoms with Gasteiger partial charge in [0.15, 0.2) is 5.13 Å². The normalized spacial score (nSPS) is 10.7. The van der Waals surface area contributed by atoms with Gasteiger partial charge in [-0.25, -0.2) is 4.98 Å². The third-order valence-corrected chi connectivity index (χ3v) is 3.34. The highest BCUT2D eigenvalue weighted by molar-refractivity contribution is 7.13. The zero-order chi connectivity index (χ0) is 14.1. The molecule has 0 radical (unpaired) electrons. The second kappa shape index (κ2) is 8.87. The molecule has 0 aliphatic rings. The lowest BCUT2D eigenvalue weighted by atomic mass is 10.3. The molecule has 0 fully saturated rings. The molecule has 0 atom stereocenters. The summed E-state index contributed by atoms with van der Waals surface area (Å²) in [4.78, 5) is 17.8. The fraction of sp³-hybridized carbons (Fsp3) is 0.692. The van der Waals surface area contributed by atoms with Crippen molar-refractivity contribution in [3.05, 3.63) is 11.1 Å². The van der Waals surface area contributed by atoms with Crippen LogP contribution in [0.3, 0.4) is 0 Å². The van der Waals surface area contributed by atoms with Crippen LogP contribution in [0.15, 0.2) is 5.38 Å². The van der Waals surface area contributed by atoms with Gasteiger partial charge in [-0.05, 0) is 40.4 Å². The van der Waals surface area contributed by atoms with Crippen molar-refractivity contribution in [1.82, 2.24) is 9.88 Å². The lowest BCUT2D eigenvalue weighted by Gasteiger charge is -2.08. The van der Waals surface area contributed by atoms with Crippen LogP contribution in [-0.2, 0) is 16.0 Å². The Hall–Kier alpha value is -1.14. The fourth-order valence-corrected chi connectivity index (χ4v) is 2.32. The summed E-state index contributed by atoms with van der Waals surface area (Å²) in [6.45, 7) is 4.24. The Morgan fingerprint density at radius 2 is 2.26 bits per heavy atom. The fourth-order valence-electron chi connectivity index (χ4n) is 1.58. The number of thiazole rings is 1. The molecule has 0 unspecified atom stereocenters. The van der Waals surface area contributed by atoms with E-state index in [9.17, 15) is 4.79 Å². The Labute approximate surface area is 119 Å². The van der Waals surface area contributed by atoms with E-state index in [1.54, 1.807) is 6.92 Å². The predicted molar refractivity (Wildman–Crippen MR) is 78.7 cm³/mol. The lowest BCUT2D eigenvalue weighted by Crippen LogP contribution is -2.14. The van der Waals surface area contributed by atoms with E-state index < -0.39 is 0 Å². The summed E-state index contributed by atoms with van der Waals surface area (Å²) in [5.74, 6) is -0.217. The molecule has 0 aliphatic carbocycles. The van der Waals surface area contributed by atoms with Gasteiger partial charge in [-0.1, -0.05) is 0 Å². The summed E-state index contributed by atoms with van der Waals surface area (Å²) in [6, 6.07) is 0. The number of carbonyl (C=O) groups excluding carboxylic acids is 1. The van der Waals surface area contributed by atoms with Crippen molar-refractivity contribution in [2.75, 3.05) is 39.1 Å². The van der Waals surface area contributed by atoms with E-state index in [2.05, 4.69) is 29.3 Å². The summed E-state index contributed by atoms with van der Waals surface area (Å²) in [5, 5.41) is 6.06. The van der Waals surface area contributed by atoms with Crippen molar-refractivity contribution in [1.29, 1.82) is 0 Å². The monoisotopic (exact) mass is 285 g/mol. The average Bonchev–Trinajstić information content (AvgIpc) is 2.76. The Morgan fingerprint density at radius 3 is 2.95 bits per heavy atom. The van der Waals surface area contributed by atoms with Crippen molar-refractivity contribution >= 4 is 22.4 Å². The van der Waals surface area contributed by atoms with Crippen LogP contribution in [0.2, 0.25) is 0 Å². The first-order valence-electron chi connectivity index (χ1n) is 6.60. The van der Waals surface area contributed by atoms with Crippen LogP contribution in [0, 0.1) is 0 Å². The van der Waals surface area contributed by atoms with Crippen molar-refractivity contribution in [3.63, 3.8) is 0 Å². The number of anilines is 1. The van der Waals surface area contributed by atoms with Gasteiger partial charge >= 0.3 is 5.97 Å². The van der Waals surface area contributed by atoms with E-state index in [0.29, 0.717) is 6.61 Å². The van der Waals surface area contributed by atoms with Gasteiger partial charge in [0.05, 0.1) is 18.7 Å². The summed E-state index contributed by atoms with van der Waals surface area (Å²) in [7, 11) is 4.16. The van der Waals surface area contributed by atoms with E-state index in [1.165, 1.54) is 17.8 Å². The van der Waals surface area contributed by atoms with E-state index in [0.717, 1.165) is 30.3 Å². The molecule has 1 aromatic rings. The molecule has 0 aromatic carbocycles. The topological polar surface area (TPSA) is 54.5 Å². The molecule has 19 heavy (non-hydrogen) atoms. The Morgan fingerprint density at radius 1 is 1.47 bits per heavy atom. The Kier molecular flexibility index (Phi) is 7.43. The standard InChI is InChI=1S/C13H23N3O2S/c1-4-18-12(17)9-11-10-19-13(15-11)14-7-5-6-8-16(2)3/h10H,4-9H2,1-3H3,(H,14,15). The largest absolute Gasteiger partial charge is 0.466 e. The molecular formula is C13H23N3O2S. The van der Waals surface area contributed by atoms with Crippen LogP contribution in [0.1, 0.15) is 25.5 Å². The maximum Gasteiger partial charge on any atom is 0.311 e. The van der Waals surface area contributed by atoms with Crippen LogP contribution in [0.25, 0.3) is 0 Å². The van der Waals surface area contributed by atoms with Crippen LogP contribution < -0.4 is 5.32 Å². The highest BCUT2D eigenvalue weighted by atomic mass is 32.1. The number of esters is 1. The van der Waals surface area contributed by atoms with Crippen LogP contribution in [0.4, 0.5) is 5.13 Å². The number of rotatable bonds is 9. The zero-order valence-corrected chi connectivity index (χ0v) is 12.8. The quantitative estimate of drug-likeness (QED) is 0.555. The van der Waals surface area contributed by atoms with Gasteiger partial charge < -0.3 is 15.0 Å². The second-order valence-electron chi connectivity index (χ2n) is 4.56. The number of hydrogen-bond donors (Lipinski definition) is 1. The van der Waals surface area contributed by atoms with Crippen molar-refractivity contribution in [2.24, 2.45) is 0 Å². The van der Waals surface area contributed by atoms with E-state index in [4.69, 9.17) is 4.74 Å². The summed E-state index contributed by atoms with van der Waals surface area (Å²) in [5.41, 5.74) is 0.777. The number of aromatic nitrogens is 1. The molecule has 1 N–H and O–H groups in total. The molecule has 1 aromatic heterocycles. The molecule has 0 bridgehead atoms. The summed E-state index contributed by atoms with van der Waals surface area (Å²) >= 11 is 1.53. The molecule has 1 rings (SSSR count). The molecule has 6 heteroatoms. The summed E-state index contributed by atoms with van der Waals surface area (Å²) in [6.07, 6.45) is 2.54. The minimum Gasteiger partial charge on any atom is -0.466 e. The van der Waals surface area contributed by atoms with Crippen LogP contribution in [0.5, 0.6) is 0 Å². The highest BCUT2D eigenvalue weighted by Crippen LogP contribution is 2.16. The Bertz CT molecular complexity index is 380. The molecule has 108 valence electrons. The predicted octanol–water partition coefficient (Wildman–Crippen LogP) is 2.00. The SMILES string of the molecule is CCOC(=O)Cc1csc(NCCCCN(C)C)n1. The number of nitrogens with one attached hydrogen (secondary N) is 1. The van der Waals surface area contributed by atoms with E-state index in [-0.39, 0.29) is 12.4 Å². The molecule has 1 heterocycles. The first-order chi connectivity index (χ1) is 9.11. The molecule has 0 spiro atoms. The number of nitrogens with zero attached hydrogens (tertiary/aromatic N) is 2. The first kappa shape index (κ1) is 15.9. The highest BCUT2D eigenvalue weighted by Gasteiger charge is 2.07. The molecule has 5 nitrogen and oxygen atoms in total. The molecule has 0 amide bonds. The van der Waals surface area contributed by atoms with Gasteiger partial charge in [0.2, 0.25) is 0 Å². The number of unbranched alkanes of at least 4 members (excludes halogenated alkanes) is 1. The van der Waals surface area contributed by atoms with Crippen molar-refractivity contribution < 1.29 is 9.53 Å². The number of carbonyl (C=O) groups is 1. The van der Waals surface area contributed by atoms with Crippen LogP contribution in [-0.4, -0.2) is 49.6 Å². The Balaban J connectivity index is 2.21. The van der Waals surface area contributed by atoms with Crippen molar-refractivity contribution in [2.45, 2.75) is 26.2 Å². The second-order valence-corrected chi connectivity index (χ2v) is 5.42. The number of ether oxygens (including phenoxy) is 1. The van der Waals surface area contributed by atoms with E-state index in [1.807, 2.05) is 5.38 Å². The molecule has 0 saturated heterocycles. The van der Waals surface area contributed by atoms with Gasteiger partial charge in [0.25, 0.3) is 0 Å². The van der Waals surface area contributed by atoms with Crippen LogP contribution >= 0.6 is 11.3 Å².